The van der Waals surface area contributed by atoms with Crippen LogP contribution in [0.4, 0.5) is 5.69 Å². The van der Waals surface area contributed by atoms with Gasteiger partial charge in [-0.2, -0.15) is 5.10 Å². The zero-order chi connectivity index (χ0) is 10.7. The third-order valence-electron chi connectivity index (χ3n) is 1.79. The summed E-state index contributed by atoms with van der Waals surface area (Å²) in [6.07, 6.45) is 0.431. The summed E-state index contributed by atoms with van der Waals surface area (Å²) in [5.74, 6) is -0.562. The Morgan fingerprint density at radius 2 is 2.36 bits per heavy atom. The molecule has 14 heavy (non-hydrogen) atoms. The molecule has 1 heterocycles. The van der Waals surface area contributed by atoms with E-state index in [9.17, 15) is 14.9 Å². The van der Waals surface area contributed by atoms with Gasteiger partial charge in [-0.1, -0.05) is 6.92 Å². The van der Waals surface area contributed by atoms with Crippen LogP contribution in [0.1, 0.15) is 23.1 Å². The fourth-order valence-electron chi connectivity index (χ4n) is 1.09. The number of amides is 1. The Kier molecular flexibility index (Phi) is 2.80. The molecule has 0 aliphatic rings. The number of aromatic nitrogens is 2. The number of H-pyrrole nitrogens is 1. The number of aromatic amines is 1. The van der Waals surface area contributed by atoms with Gasteiger partial charge in [-0.3, -0.25) is 20.0 Å². The maximum atomic E-state index is 11.2. The van der Waals surface area contributed by atoms with Crippen LogP contribution in [0.2, 0.25) is 0 Å². The van der Waals surface area contributed by atoms with Gasteiger partial charge >= 0.3 is 5.69 Å². The van der Waals surface area contributed by atoms with Crippen molar-refractivity contribution in [1.29, 1.82) is 0 Å². The van der Waals surface area contributed by atoms with Gasteiger partial charge in [0.05, 0.1) is 4.92 Å². The number of hydrogen-bond donors (Lipinski definition) is 2. The van der Waals surface area contributed by atoms with Gasteiger partial charge in [-0.25, -0.2) is 0 Å². The summed E-state index contributed by atoms with van der Waals surface area (Å²) in [6.45, 7) is 1.74. The molecule has 1 rings (SSSR count). The minimum Gasteiger partial charge on any atom is -0.353 e. The molecule has 0 saturated heterocycles. The van der Waals surface area contributed by atoms with Crippen LogP contribution in [0.15, 0.2) is 0 Å². The Bertz CT molecular complexity index is 371. The van der Waals surface area contributed by atoms with E-state index >= 15 is 0 Å². The van der Waals surface area contributed by atoms with Crippen LogP contribution in [0.25, 0.3) is 0 Å². The molecule has 2 N–H and O–H groups in total. The third kappa shape index (κ3) is 1.56. The van der Waals surface area contributed by atoms with Gasteiger partial charge in [0.1, 0.15) is 5.69 Å². The normalized spacial score (nSPS) is 9.86. The van der Waals surface area contributed by atoms with Crippen molar-refractivity contribution in [2.75, 3.05) is 7.05 Å². The zero-order valence-corrected chi connectivity index (χ0v) is 7.83. The van der Waals surface area contributed by atoms with E-state index in [0.717, 1.165) is 0 Å². The second-order valence-electron chi connectivity index (χ2n) is 2.59. The van der Waals surface area contributed by atoms with Crippen LogP contribution in [-0.4, -0.2) is 28.1 Å². The molecule has 0 atom stereocenters. The molecule has 1 aromatic rings. The fraction of sp³-hybridized carbons (Fsp3) is 0.429. The summed E-state index contributed by atoms with van der Waals surface area (Å²) in [5.41, 5.74) is -0.0604. The van der Waals surface area contributed by atoms with Gasteiger partial charge in [0.15, 0.2) is 0 Å². The van der Waals surface area contributed by atoms with E-state index in [-0.39, 0.29) is 11.4 Å². The summed E-state index contributed by atoms with van der Waals surface area (Å²) in [5, 5.41) is 19.0. The highest BCUT2D eigenvalue weighted by Gasteiger charge is 2.27. The summed E-state index contributed by atoms with van der Waals surface area (Å²) in [6, 6.07) is 0. The zero-order valence-electron chi connectivity index (χ0n) is 7.83. The molecule has 1 aromatic heterocycles. The van der Waals surface area contributed by atoms with Crippen molar-refractivity contribution in [1.82, 2.24) is 15.5 Å². The molecule has 0 aliphatic carbocycles. The molecule has 7 heteroatoms. The number of carbonyl (C=O) groups excluding carboxylic acids is 1. The number of nitrogens with one attached hydrogen (secondary N) is 2. The van der Waals surface area contributed by atoms with Crippen molar-refractivity contribution in [3.05, 3.63) is 21.5 Å². The molecule has 0 bridgehead atoms. The minimum absolute atomic E-state index is 0.172. The predicted octanol–water partition coefficient (Wildman–Crippen LogP) is 0.240. The first-order valence-corrected chi connectivity index (χ1v) is 4.05. The number of nitrogens with zero attached hydrogens (tertiary/aromatic N) is 2. The smallest absolute Gasteiger partial charge is 0.322 e. The maximum Gasteiger partial charge on any atom is 0.322 e. The Morgan fingerprint density at radius 3 is 2.79 bits per heavy atom. The first-order valence-electron chi connectivity index (χ1n) is 4.05. The molecular weight excluding hydrogens is 188 g/mol. The molecule has 0 spiro atoms. The van der Waals surface area contributed by atoms with Crippen LogP contribution >= 0.6 is 0 Å². The second-order valence-corrected chi connectivity index (χ2v) is 2.59. The Balaban J connectivity index is 3.24. The highest BCUT2D eigenvalue weighted by molar-refractivity contribution is 5.96. The summed E-state index contributed by atoms with van der Waals surface area (Å²) in [7, 11) is 1.40. The average molecular weight is 198 g/mol. The lowest BCUT2D eigenvalue weighted by Gasteiger charge is -1.94. The summed E-state index contributed by atoms with van der Waals surface area (Å²) in [4.78, 5) is 21.2. The van der Waals surface area contributed by atoms with Crippen molar-refractivity contribution < 1.29 is 9.72 Å². The van der Waals surface area contributed by atoms with E-state index in [0.29, 0.717) is 12.1 Å². The molecule has 0 aliphatic heterocycles. The van der Waals surface area contributed by atoms with Crippen LogP contribution in [0.5, 0.6) is 0 Å². The topological polar surface area (TPSA) is 101 Å². The van der Waals surface area contributed by atoms with E-state index in [1.165, 1.54) is 7.05 Å². The monoisotopic (exact) mass is 198 g/mol. The summed E-state index contributed by atoms with van der Waals surface area (Å²) < 4.78 is 0. The number of hydrogen-bond acceptors (Lipinski definition) is 4. The van der Waals surface area contributed by atoms with Gasteiger partial charge in [0.2, 0.25) is 5.69 Å². The van der Waals surface area contributed by atoms with Gasteiger partial charge in [0.25, 0.3) is 5.91 Å². The van der Waals surface area contributed by atoms with Crippen molar-refractivity contribution >= 4 is 11.6 Å². The molecular formula is C7H10N4O3. The highest BCUT2D eigenvalue weighted by atomic mass is 16.6. The molecule has 0 saturated carbocycles. The van der Waals surface area contributed by atoms with Gasteiger partial charge in [-0.05, 0) is 6.42 Å². The lowest BCUT2D eigenvalue weighted by molar-refractivity contribution is -0.385. The van der Waals surface area contributed by atoms with Gasteiger partial charge in [0, 0.05) is 7.05 Å². The van der Waals surface area contributed by atoms with Crippen LogP contribution in [-0.2, 0) is 6.42 Å². The molecule has 1 amide bonds. The Hall–Kier alpha value is -1.92. The molecule has 0 fully saturated rings. The van der Waals surface area contributed by atoms with E-state index in [1.54, 1.807) is 6.92 Å². The molecule has 76 valence electrons. The highest BCUT2D eigenvalue weighted by Crippen LogP contribution is 2.21. The molecule has 0 radical (unpaired) electrons. The van der Waals surface area contributed by atoms with Gasteiger partial charge < -0.3 is 5.32 Å². The van der Waals surface area contributed by atoms with Crippen LogP contribution in [0, 0.1) is 10.1 Å². The molecule has 0 aromatic carbocycles. The number of nitro groups is 1. The Morgan fingerprint density at radius 1 is 1.71 bits per heavy atom. The van der Waals surface area contributed by atoms with Crippen LogP contribution < -0.4 is 5.32 Å². The van der Waals surface area contributed by atoms with Crippen molar-refractivity contribution in [2.45, 2.75) is 13.3 Å². The van der Waals surface area contributed by atoms with Gasteiger partial charge in [-0.15, -0.1) is 0 Å². The van der Waals surface area contributed by atoms with Crippen LogP contribution in [0.3, 0.4) is 0 Å². The van der Waals surface area contributed by atoms with E-state index in [4.69, 9.17) is 0 Å². The predicted molar refractivity (Wildman–Crippen MR) is 48.0 cm³/mol. The standard InChI is InChI=1S/C7H10N4O3/c1-3-4-6(11(13)14)5(10-9-4)7(12)8-2/h3H2,1-2H3,(H,8,12)(H,9,10). The first-order chi connectivity index (χ1) is 6.61. The minimum atomic E-state index is -0.604. The largest absolute Gasteiger partial charge is 0.353 e. The number of rotatable bonds is 3. The lowest BCUT2D eigenvalue weighted by atomic mass is 10.2. The maximum absolute atomic E-state index is 11.2. The van der Waals surface area contributed by atoms with E-state index in [1.807, 2.05) is 0 Å². The molecule has 7 nitrogen and oxygen atoms in total. The number of carbonyl (C=O) groups is 1. The average Bonchev–Trinajstić information content (AvgIpc) is 2.59. The SMILES string of the molecule is CCc1[nH]nc(C(=O)NC)c1[N+](=O)[O-]. The quantitative estimate of drug-likeness (QED) is 0.536. The first kappa shape index (κ1) is 10.2. The number of aryl methyl sites for hydroxylation is 1. The Labute approximate surface area is 79.7 Å². The van der Waals surface area contributed by atoms with Crippen molar-refractivity contribution in [2.24, 2.45) is 0 Å². The molecule has 0 unspecified atom stereocenters. The van der Waals surface area contributed by atoms with Crippen molar-refractivity contribution in [3.63, 3.8) is 0 Å². The van der Waals surface area contributed by atoms with E-state index < -0.39 is 10.8 Å². The van der Waals surface area contributed by atoms with Crippen molar-refractivity contribution in [3.8, 4) is 0 Å². The second kappa shape index (κ2) is 3.86. The summed E-state index contributed by atoms with van der Waals surface area (Å²) >= 11 is 0. The van der Waals surface area contributed by atoms with E-state index in [2.05, 4.69) is 15.5 Å². The lowest BCUT2D eigenvalue weighted by Crippen LogP contribution is -2.19. The third-order valence-corrected chi connectivity index (χ3v) is 1.79. The fourth-order valence-corrected chi connectivity index (χ4v) is 1.09.